The highest BCUT2D eigenvalue weighted by atomic mass is 16.5. The van der Waals surface area contributed by atoms with E-state index in [1.165, 1.54) is 26.4 Å². The minimum Gasteiger partial charge on any atom is -0.497 e. The Morgan fingerprint density at radius 3 is 2.28 bits per heavy atom. The number of carbonyl (C=O) groups excluding carboxylic acids is 2. The Morgan fingerprint density at radius 1 is 1.10 bits per heavy atom. The first-order valence-corrected chi connectivity index (χ1v) is 9.04. The lowest BCUT2D eigenvalue weighted by molar-refractivity contribution is -0.126. The van der Waals surface area contributed by atoms with Crippen LogP contribution in [0.4, 0.5) is 5.69 Å². The molecule has 0 spiro atoms. The van der Waals surface area contributed by atoms with Crippen LogP contribution in [-0.2, 0) is 16.1 Å². The number of nitrogens with zero attached hydrogens (tertiary/aromatic N) is 1. The van der Waals surface area contributed by atoms with E-state index in [0.29, 0.717) is 17.2 Å². The Kier molecular flexibility index (Phi) is 6.01. The maximum atomic E-state index is 12.5. The van der Waals surface area contributed by atoms with Gasteiger partial charge in [0.2, 0.25) is 11.8 Å². The third-order valence-electron chi connectivity index (χ3n) is 4.81. The van der Waals surface area contributed by atoms with Crippen molar-refractivity contribution >= 4 is 23.5 Å². The number of anilines is 1. The first-order valence-electron chi connectivity index (χ1n) is 9.04. The van der Waals surface area contributed by atoms with E-state index in [2.05, 4.69) is 5.32 Å². The zero-order valence-corrected chi connectivity index (χ0v) is 16.2. The second kappa shape index (κ2) is 8.64. The zero-order chi connectivity index (χ0) is 21.0. The van der Waals surface area contributed by atoms with E-state index in [4.69, 9.17) is 14.6 Å². The summed E-state index contributed by atoms with van der Waals surface area (Å²) in [6, 6.07) is 11.4. The Labute approximate surface area is 168 Å². The molecule has 0 aromatic heterocycles. The van der Waals surface area contributed by atoms with Gasteiger partial charge in [0.25, 0.3) is 0 Å². The average molecular weight is 398 g/mol. The molecule has 1 atom stereocenters. The van der Waals surface area contributed by atoms with Crippen molar-refractivity contribution in [3.63, 3.8) is 0 Å². The molecule has 152 valence electrons. The summed E-state index contributed by atoms with van der Waals surface area (Å²) < 4.78 is 10.5. The SMILES string of the molecule is COc1cc(OC)cc(N2CC(C(=O)NCc3ccc(C(=O)O)cc3)CC2=O)c1. The third-order valence-corrected chi connectivity index (χ3v) is 4.81. The largest absolute Gasteiger partial charge is 0.497 e. The Hall–Kier alpha value is -3.55. The van der Waals surface area contributed by atoms with E-state index >= 15 is 0 Å². The topological polar surface area (TPSA) is 105 Å². The van der Waals surface area contributed by atoms with Gasteiger partial charge in [0.15, 0.2) is 0 Å². The number of carbonyl (C=O) groups is 3. The Morgan fingerprint density at radius 2 is 1.72 bits per heavy atom. The fourth-order valence-electron chi connectivity index (χ4n) is 3.18. The van der Waals surface area contributed by atoms with Crippen LogP contribution in [0, 0.1) is 5.92 Å². The number of carboxylic acids is 1. The summed E-state index contributed by atoms with van der Waals surface area (Å²) in [6.45, 7) is 0.523. The summed E-state index contributed by atoms with van der Waals surface area (Å²) in [6.07, 6.45) is 0.114. The summed E-state index contributed by atoms with van der Waals surface area (Å²) in [7, 11) is 3.06. The first-order chi connectivity index (χ1) is 13.9. The van der Waals surface area contributed by atoms with Gasteiger partial charge >= 0.3 is 5.97 Å². The van der Waals surface area contributed by atoms with Gasteiger partial charge in [-0.3, -0.25) is 9.59 Å². The summed E-state index contributed by atoms with van der Waals surface area (Å²) in [5, 5.41) is 11.7. The molecule has 0 bridgehead atoms. The number of amides is 2. The molecule has 2 amide bonds. The molecular formula is C21H22N2O6. The van der Waals surface area contributed by atoms with Crippen LogP contribution in [0.25, 0.3) is 0 Å². The molecule has 1 saturated heterocycles. The Balaban J connectivity index is 1.63. The second-order valence-electron chi connectivity index (χ2n) is 6.70. The highest BCUT2D eigenvalue weighted by Crippen LogP contribution is 2.32. The second-order valence-corrected chi connectivity index (χ2v) is 6.70. The van der Waals surface area contributed by atoms with Gasteiger partial charge in [0, 0.05) is 37.7 Å². The highest BCUT2D eigenvalue weighted by Gasteiger charge is 2.35. The average Bonchev–Trinajstić information content (AvgIpc) is 3.13. The molecular weight excluding hydrogens is 376 g/mol. The van der Waals surface area contributed by atoms with Crippen LogP contribution in [0.1, 0.15) is 22.3 Å². The number of methoxy groups -OCH3 is 2. The summed E-state index contributed by atoms with van der Waals surface area (Å²) >= 11 is 0. The molecule has 8 nitrogen and oxygen atoms in total. The van der Waals surface area contributed by atoms with E-state index < -0.39 is 11.9 Å². The number of rotatable bonds is 7. The molecule has 1 unspecified atom stereocenters. The van der Waals surface area contributed by atoms with Crippen molar-refractivity contribution in [1.82, 2.24) is 5.32 Å². The summed E-state index contributed by atoms with van der Waals surface area (Å²) in [5.74, 6) is -0.726. The molecule has 2 N–H and O–H groups in total. The predicted molar refractivity (Wildman–Crippen MR) is 105 cm³/mol. The number of hydrogen-bond donors (Lipinski definition) is 2. The quantitative estimate of drug-likeness (QED) is 0.740. The van der Waals surface area contributed by atoms with Gasteiger partial charge in [0.1, 0.15) is 11.5 Å². The lowest BCUT2D eigenvalue weighted by atomic mass is 10.1. The molecule has 1 aliphatic rings. The van der Waals surface area contributed by atoms with Crippen molar-refractivity contribution in [1.29, 1.82) is 0 Å². The molecule has 8 heteroatoms. The number of benzene rings is 2. The monoisotopic (exact) mass is 398 g/mol. The van der Waals surface area contributed by atoms with Crippen molar-refractivity contribution in [2.24, 2.45) is 5.92 Å². The van der Waals surface area contributed by atoms with Gasteiger partial charge in [-0.1, -0.05) is 12.1 Å². The van der Waals surface area contributed by atoms with Gasteiger partial charge in [-0.15, -0.1) is 0 Å². The molecule has 3 rings (SSSR count). The molecule has 1 heterocycles. The number of ether oxygens (including phenoxy) is 2. The fraction of sp³-hybridized carbons (Fsp3) is 0.286. The van der Waals surface area contributed by atoms with Crippen LogP contribution in [0.3, 0.4) is 0 Å². The third kappa shape index (κ3) is 4.66. The maximum absolute atomic E-state index is 12.5. The van der Waals surface area contributed by atoms with Crippen LogP contribution < -0.4 is 19.7 Å². The zero-order valence-electron chi connectivity index (χ0n) is 16.2. The number of nitrogens with one attached hydrogen (secondary N) is 1. The van der Waals surface area contributed by atoms with Crippen molar-refractivity contribution in [3.05, 3.63) is 53.6 Å². The number of aromatic carboxylic acids is 1. The highest BCUT2D eigenvalue weighted by molar-refractivity contribution is 6.00. The minimum atomic E-state index is -1.00. The molecule has 0 saturated carbocycles. The van der Waals surface area contributed by atoms with Crippen LogP contribution in [0.2, 0.25) is 0 Å². The molecule has 0 aliphatic carbocycles. The molecule has 1 fully saturated rings. The normalized spacial score (nSPS) is 15.9. The van der Waals surface area contributed by atoms with Crippen molar-refractivity contribution in [2.45, 2.75) is 13.0 Å². The van der Waals surface area contributed by atoms with E-state index in [0.717, 1.165) is 5.56 Å². The van der Waals surface area contributed by atoms with Crippen LogP contribution in [-0.4, -0.2) is 43.7 Å². The Bertz CT molecular complexity index is 903. The van der Waals surface area contributed by atoms with Gasteiger partial charge in [-0.05, 0) is 17.7 Å². The first kappa shape index (κ1) is 20.2. The molecule has 29 heavy (non-hydrogen) atoms. The molecule has 2 aromatic carbocycles. The van der Waals surface area contributed by atoms with E-state index in [-0.39, 0.29) is 36.9 Å². The lowest BCUT2D eigenvalue weighted by Crippen LogP contribution is -2.32. The van der Waals surface area contributed by atoms with E-state index in [1.807, 2.05) is 0 Å². The lowest BCUT2D eigenvalue weighted by Gasteiger charge is -2.18. The predicted octanol–water partition coefficient (Wildman–Crippen LogP) is 2.07. The summed E-state index contributed by atoms with van der Waals surface area (Å²) in [5.41, 5.74) is 1.58. The van der Waals surface area contributed by atoms with Gasteiger partial charge in [0.05, 0.1) is 31.4 Å². The smallest absolute Gasteiger partial charge is 0.335 e. The summed E-state index contributed by atoms with van der Waals surface area (Å²) in [4.78, 5) is 37.4. The molecule has 2 aromatic rings. The van der Waals surface area contributed by atoms with Crippen molar-refractivity contribution in [2.75, 3.05) is 25.7 Å². The van der Waals surface area contributed by atoms with Crippen molar-refractivity contribution in [3.8, 4) is 11.5 Å². The van der Waals surface area contributed by atoms with Crippen molar-refractivity contribution < 1.29 is 29.0 Å². The van der Waals surface area contributed by atoms with E-state index in [1.54, 1.807) is 35.2 Å². The maximum Gasteiger partial charge on any atom is 0.335 e. The van der Waals surface area contributed by atoms with Gasteiger partial charge in [-0.2, -0.15) is 0 Å². The number of hydrogen-bond acceptors (Lipinski definition) is 5. The van der Waals surface area contributed by atoms with E-state index in [9.17, 15) is 14.4 Å². The van der Waals surface area contributed by atoms with Gasteiger partial charge in [-0.25, -0.2) is 4.79 Å². The van der Waals surface area contributed by atoms with Crippen LogP contribution in [0.5, 0.6) is 11.5 Å². The number of carboxylic acid groups (broad SMARTS) is 1. The standard InChI is InChI=1S/C21H22N2O6/c1-28-17-8-16(9-18(10-17)29-2)23-12-15(7-19(23)24)20(25)22-11-13-3-5-14(6-4-13)21(26)27/h3-6,8-10,15H,7,11-12H2,1-2H3,(H,22,25)(H,26,27). The molecule has 0 radical (unpaired) electrons. The molecule has 1 aliphatic heterocycles. The fourth-order valence-corrected chi connectivity index (χ4v) is 3.18. The van der Waals surface area contributed by atoms with Crippen LogP contribution in [0.15, 0.2) is 42.5 Å². The minimum absolute atomic E-state index is 0.114. The van der Waals surface area contributed by atoms with Crippen LogP contribution >= 0.6 is 0 Å². The van der Waals surface area contributed by atoms with Gasteiger partial charge < -0.3 is 24.8 Å².